The fourth-order valence-corrected chi connectivity index (χ4v) is 4.09. The van der Waals surface area contributed by atoms with Gasteiger partial charge in [0.2, 0.25) is 0 Å². The summed E-state index contributed by atoms with van der Waals surface area (Å²) in [7, 11) is 0. The molecule has 0 atom stereocenters. The molecule has 0 bridgehead atoms. The van der Waals surface area contributed by atoms with Crippen molar-refractivity contribution in [2.24, 2.45) is 0 Å². The van der Waals surface area contributed by atoms with E-state index in [2.05, 4.69) is 5.32 Å². The Labute approximate surface area is 177 Å². The molecule has 2 saturated heterocycles. The highest BCUT2D eigenvalue weighted by Gasteiger charge is 2.29. The van der Waals surface area contributed by atoms with Crippen LogP contribution in [0.3, 0.4) is 0 Å². The first-order valence-electron chi connectivity index (χ1n) is 10.9. The Morgan fingerprint density at radius 3 is 2.37 bits per heavy atom. The standard InChI is InChI=1S/C23H32N2O5/c1-14-17(24-16-7-11-28-12-8-16)13-18-20(19(14)22(26)30-23(2,3)4)25-21(29-18)15-5-9-27-10-6-15/h13,15-16,24H,5-12H2,1-4H3. The molecule has 1 N–H and O–H groups in total. The summed E-state index contributed by atoms with van der Waals surface area (Å²) in [6.45, 7) is 10.5. The number of nitrogens with zero attached hydrogens (tertiary/aromatic N) is 1. The lowest BCUT2D eigenvalue weighted by molar-refractivity contribution is 0.00708. The van der Waals surface area contributed by atoms with E-state index in [0.29, 0.717) is 41.8 Å². The average molecular weight is 417 g/mol. The van der Waals surface area contributed by atoms with Gasteiger partial charge >= 0.3 is 5.97 Å². The predicted molar refractivity (Wildman–Crippen MR) is 114 cm³/mol. The van der Waals surface area contributed by atoms with Crippen LogP contribution in [0, 0.1) is 6.92 Å². The summed E-state index contributed by atoms with van der Waals surface area (Å²) >= 11 is 0. The molecular formula is C23H32N2O5. The van der Waals surface area contributed by atoms with Crippen molar-refractivity contribution in [3.63, 3.8) is 0 Å². The van der Waals surface area contributed by atoms with Crippen LogP contribution in [-0.2, 0) is 14.2 Å². The Kier molecular flexibility index (Phi) is 6.02. The maximum Gasteiger partial charge on any atom is 0.341 e. The maximum absolute atomic E-state index is 13.2. The Bertz CT molecular complexity index is 902. The zero-order valence-electron chi connectivity index (χ0n) is 18.4. The molecule has 0 radical (unpaired) electrons. The highest BCUT2D eigenvalue weighted by atomic mass is 16.6. The second-order valence-electron chi connectivity index (χ2n) is 9.24. The number of carbonyl (C=O) groups is 1. The highest BCUT2D eigenvalue weighted by molar-refractivity contribution is 6.05. The minimum atomic E-state index is -0.590. The lowest BCUT2D eigenvalue weighted by atomic mass is 10.0. The van der Waals surface area contributed by atoms with Gasteiger partial charge in [-0.2, -0.15) is 0 Å². The fraction of sp³-hybridized carbons (Fsp3) is 0.652. The summed E-state index contributed by atoms with van der Waals surface area (Å²) in [5, 5.41) is 3.59. The Hall–Kier alpha value is -2.12. The van der Waals surface area contributed by atoms with Crippen molar-refractivity contribution in [1.29, 1.82) is 0 Å². The largest absolute Gasteiger partial charge is 0.456 e. The van der Waals surface area contributed by atoms with E-state index in [9.17, 15) is 4.79 Å². The lowest BCUT2D eigenvalue weighted by Crippen LogP contribution is -2.29. The van der Waals surface area contributed by atoms with Crippen LogP contribution in [0.15, 0.2) is 10.5 Å². The van der Waals surface area contributed by atoms with Crippen LogP contribution < -0.4 is 5.32 Å². The monoisotopic (exact) mass is 416 g/mol. The van der Waals surface area contributed by atoms with E-state index in [1.165, 1.54) is 0 Å². The van der Waals surface area contributed by atoms with Gasteiger partial charge in [0, 0.05) is 50.1 Å². The molecule has 2 aliphatic rings. The molecule has 2 aliphatic heterocycles. The zero-order chi connectivity index (χ0) is 21.3. The molecule has 4 rings (SSSR count). The van der Waals surface area contributed by atoms with Crippen molar-refractivity contribution in [3.05, 3.63) is 23.1 Å². The number of hydrogen-bond acceptors (Lipinski definition) is 7. The van der Waals surface area contributed by atoms with Gasteiger partial charge in [-0.05, 0) is 58.9 Å². The highest BCUT2D eigenvalue weighted by Crippen LogP contribution is 2.35. The third kappa shape index (κ3) is 4.62. The number of ether oxygens (including phenoxy) is 3. The number of fused-ring (bicyclic) bond motifs is 1. The topological polar surface area (TPSA) is 82.8 Å². The number of carbonyl (C=O) groups excluding carboxylic acids is 1. The Balaban J connectivity index is 1.75. The molecule has 0 saturated carbocycles. The van der Waals surface area contributed by atoms with Gasteiger partial charge in [0.1, 0.15) is 11.1 Å². The molecule has 2 aromatic rings. The molecule has 0 amide bonds. The van der Waals surface area contributed by atoms with Crippen LogP contribution in [0.5, 0.6) is 0 Å². The van der Waals surface area contributed by atoms with Crippen molar-refractivity contribution < 1.29 is 23.4 Å². The van der Waals surface area contributed by atoms with Crippen LogP contribution in [0.4, 0.5) is 5.69 Å². The Morgan fingerprint density at radius 1 is 1.10 bits per heavy atom. The fourth-order valence-electron chi connectivity index (χ4n) is 4.09. The number of hydrogen-bond donors (Lipinski definition) is 1. The molecule has 0 aliphatic carbocycles. The third-order valence-electron chi connectivity index (χ3n) is 5.72. The van der Waals surface area contributed by atoms with E-state index in [1.807, 2.05) is 33.8 Å². The normalized spacial score (nSPS) is 19.2. The van der Waals surface area contributed by atoms with E-state index in [1.54, 1.807) is 0 Å². The van der Waals surface area contributed by atoms with Gasteiger partial charge in [-0.25, -0.2) is 9.78 Å². The van der Waals surface area contributed by atoms with E-state index in [-0.39, 0.29) is 11.9 Å². The molecular weight excluding hydrogens is 384 g/mol. The molecule has 1 aromatic carbocycles. The summed E-state index contributed by atoms with van der Waals surface area (Å²) in [5.74, 6) is 0.526. The molecule has 0 unspecified atom stereocenters. The summed E-state index contributed by atoms with van der Waals surface area (Å²) in [5.41, 5.74) is 2.84. The average Bonchev–Trinajstić information content (AvgIpc) is 3.12. The quantitative estimate of drug-likeness (QED) is 0.731. The molecule has 2 fully saturated rings. The smallest absolute Gasteiger partial charge is 0.341 e. The third-order valence-corrected chi connectivity index (χ3v) is 5.72. The number of benzene rings is 1. The molecule has 7 nitrogen and oxygen atoms in total. The van der Waals surface area contributed by atoms with Crippen molar-refractivity contribution >= 4 is 22.8 Å². The number of oxazole rings is 1. The second-order valence-corrected chi connectivity index (χ2v) is 9.24. The first-order chi connectivity index (χ1) is 14.3. The minimum absolute atomic E-state index is 0.213. The van der Waals surface area contributed by atoms with E-state index < -0.39 is 5.60 Å². The van der Waals surface area contributed by atoms with Gasteiger partial charge in [0.25, 0.3) is 0 Å². The van der Waals surface area contributed by atoms with Crippen LogP contribution in [0.25, 0.3) is 11.1 Å². The minimum Gasteiger partial charge on any atom is -0.456 e. The van der Waals surface area contributed by atoms with Gasteiger partial charge < -0.3 is 23.9 Å². The summed E-state index contributed by atoms with van der Waals surface area (Å²) in [6.07, 6.45) is 3.62. The number of anilines is 1. The maximum atomic E-state index is 13.2. The summed E-state index contributed by atoms with van der Waals surface area (Å²) < 4.78 is 22.8. The molecule has 1 aromatic heterocycles. The predicted octanol–water partition coefficient (Wildman–Crippen LogP) is 4.58. The van der Waals surface area contributed by atoms with Crippen molar-refractivity contribution in [1.82, 2.24) is 4.98 Å². The van der Waals surface area contributed by atoms with Gasteiger partial charge in [-0.1, -0.05) is 0 Å². The summed E-state index contributed by atoms with van der Waals surface area (Å²) in [6, 6.07) is 2.28. The second kappa shape index (κ2) is 8.55. The molecule has 30 heavy (non-hydrogen) atoms. The van der Waals surface area contributed by atoms with Gasteiger partial charge in [0.15, 0.2) is 11.5 Å². The van der Waals surface area contributed by atoms with Crippen LogP contribution in [0.1, 0.15) is 74.2 Å². The van der Waals surface area contributed by atoms with Gasteiger partial charge in [0.05, 0.1) is 5.56 Å². The molecule has 3 heterocycles. The Morgan fingerprint density at radius 2 is 1.73 bits per heavy atom. The van der Waals surface area contributed by atoms with E-state index in [0.717, 1.165) is 50.1 Å². The number of aromatic nitrogens is 1. The van der Waals surface area contributed by atoms with Crippen molar-refractivity contribution in [3.8, 4) is 0 Å². The summed E-state index contributed by atoms with van der Waals surface area (Å²) in [4.78, 5) is 17.9. The van der Waals surface area contributed by atoms with Gasteiger partial charge in [-0.3, -0.25) is 0 Å². The zero-order valence-corrected chi connectivity index (χ0v) is 18.4. The van der Waals surface area contributed by atoms with Crippen LogP contribution in [0.2, 0.25) is 0 Å². The van der Waals surface area contributed by atoms with E-state index in [4.69, 9.17) is 23.6 Å². The first-order valence-corrected chi connectivity index (χ1v) is 10.9. The lowest BCUT2D eigenvalue weighted by Gasteiger charge is -2.26. The van der Waals surface area contributed by atoms with Crippen LogP contribution in [-0.4, -0.2) is 49.0 Å². The van der Waals surface area contributed by atoms with Crippen LogP contribution >= 0.6 is 0 Å². The van der Waals surface area contributed by atoms with Crippen molar-refractivity contribution in [2.75, 3.05) is 31.7 Å². The van der Waals surface area contributed by atoms with Gasteiger partial charge in [-0.15, -0.1) is 0 Å². The SMILES string of the molecule is Cc1c(NC2CCOCC2)cc2oc(C3CCOCC3)nc2c1C(=O)OC(C)(C)C. The van der Waals surface area contributed by atoms with E-state index >= 15 is 0 Å². The first kappa shape index (κ1) is 21.1. The molecule has 0 spiro atoms. The van der Waals surface area contributed by atoms with Crippen molar-refractivity contribution in [2.45, 2.75) is 70.9 Å². The number of rotatable bonds is 4. The number of esters is 1. The molecule has 164 valence electrons. The number of nitrogens with one attached hydrogen (secondary N) is 1. The molecule has 7 heteroatoms.